The van der Waals surface area contributed by atoms with E-state index in [0.717, 1.165) is 24.8 Å². The van der Waals surface area contributed by atoms with Gasteiger partial charge < -0.3 is 31.9 Å². The van der Waals surface area contributed by atoms with Gasteiger partial charge in [0.1, 0.15) is 30.2 Å². The Morgan fingerprint density at radius 2 is 1.30 bits per heavy atom. The molecule has 1 aliphatic rings. The standard InChI is InChI=1S/C34H54N6O6/c1-7-8-9-13-16-29(41)37-28-20-35-31(43)25(17-21(2)3)38-30(42)23(6)36-32(44)26(18-22(4)5)39-33(45)27(40-34(28)46)19-24-14-11-10-12-15-24/h10-12,14-15,21-23,25-28H,7-9,13,16-20H2,1-6H3,(H,35,43)(H,36,44)(H,37,41)(H,38,42)(H,39,45)(H,40,46)/t23-,25-,26-,27-,28-/m0/s1. The maximum Gasteiger partial charge on any atom is 0.245 e. The van der Waals surface area contributed by atoms with Crippen molar-refractivity contribution in [3.05, 3.63) is 35.9 Å². The normalized spacial score (nSPS) is 23.7. The van der Waals surface area contributed by atoms with Crippen LogP contribution in [0.1, 0.15) is 92.1 Å². The summed E-state index contributed by atoms with van der Waals surface area (Å²) < 4.78 is 0. The molecule has 0 spiro atoms. The molecule has 0 radical (unpaired) electrons. The Morgan fingerprint density at radius 1 is 0.739 bits per heavy atom. The van der Waals surface area contributed by atoms with Crippen LogP contribution in [-0.2, 0) is 35.2 Å². The van der Waals surface area contributed by atoms with E-state index in [4.69, 9.17) is 0 Å². The number of amides is 6. The van der Waals surface area contributed by atoms with E-state index in [1.165, 1.54) is 6.92 Å². The van der Waals surface area contributed by atoms with E-state index < -0.39 is 59.7 Å². The zero-order valence-corrected chi connectivity index (χ0v) is 28.2. The predicted octanol–water partition coefficient (Wildman–Crippen LogP) is 1.87. The highest BCUT2D eigenvalue weighted by atomic mass is 16.2. The lowest BCUT2D eigenvalue weighted by Crippen LogP contribution is -2.61. The highest BCUT2D eigenvalue weighted by Crippen LogP contribution is 2.10. The van der Waals surface area contributed by atoms with E-state index in [9.17, 15) is 28.8 Å². The summed E-state index contributed by atoms with van der Waals surface area (Å²) in [5.74, 6) is -3.19. The van der Waals surface area contributed by atoms with Gasteiger partial charge in [0, 0.05) is 19.4 Å². The number of carbonyl (C=O) groups excluding carboxylic acids is 6. The van der Waals surface area contributed by atoms with Gasteiger partial charge >= 0.3 is 0 Å². The lowest BCUT2D eigenvalue weighted by atomic mass is 10.00. The molecule has 12 nitrogen and oxygen atoms in total. The van der Waals surface area contributed by atoms with Gasteiger partial charge in [-0.25, -0.2) is 0 Å². The molecule has 256 valence electrons. The molecule has 0 aliphatic carbocycles. The van der Waals surface area contributed by atoms with Gasteiger partial charge in [0.15, 0.2) is 0 Å². The SMILES string of the molecule is CCCCCCC(=O)N[C@H]1CNC(=O)[C@H](CC(C)C)NC(=O)[C@H](C)NC(=O)[C@H](CC(C)C)NC(=O)[C@H](Cc2ccccc2)NC1=O. The smallest absolute Gasteiger partial charge is 0.245 e. The van der Waals surface area contributed by atoms with Gasteiger partial charge in [-0.3, -0.25) is 28.8 Å². The van der Waals surface area contributed by atoms with Crippen LogP contribution in [-0.4, -0.2) is 72.2 Å². The minimum absolute atomic E-state index is 0.0176. The van der Waals surface area contributed by atoms with Crippen LogP contribution in [0.25, 0.3) is 0 Å². The molecule has 1 saturated heterocycles. The Morgan fingerprint density at radius 3 is 1.91 bits per heavy atom. The summed E-state index contributed by atoms with van der Waals surface area (Å²) in [4.78, 5) is 80.2. The number of hydrogen-bond acceptors (Lipinski definition) is 6. The maximum atomic E-state index is 13.7. The molecule has 1 aliphatic heterocycles. The van der Waals surface area contributed by atoms with E-state index >= 15 is 0 Å². The lowest BCUT2D eigenvalue weighted by Gasteiger charge is -2.28. The Hall–Kier alpha value is -3.96. The molecular weight excluding hydrogens is 588 g/mol. The quantitative estimate of drug-likeness (QED) is 0.190. The first-order chi connectivity index (χ1) is 21.8. The van der Waals surface area contributed by atoms with E-state index in [1.807, 2.05) is 58.0 Å². The Balaban J connectivity index is 2.48. The second kappa shape index (κ2) is 19.5. The fraction of sp³-hybridized carbons (Fsp3) is 0.647. The number of hydrogen-bond donors (Lipinski definition) is 6. The fourth-order valence-corrected chi connectivity index (χ4v) is 5.20. The zero-order valence-electron chi connectivity index (χ0n) is 28.2. The van der Waals surface area contributed by atoms with Crippen LogP contribution in [0, 0.1) is 11.8 Å². The third-order valence-corrected chi connectivity index (χ3v) is 7.74. The van der Waals surface area contributed by atoms with Crippen molar-refractivity contribution in [3.63, 3.8) is 0 Å². The Kier molecular flexibility index (Phi) is 16.2. The second-order valence-corrected chi connectivity index (χ2v) is 13.0. The van der Waals surface area contributed by atoms with Gasteiger partial charge in [0.2, 0.25) is 35.4 Å². The van der Waals surface area contributed by atoms with Crippen LogP contribution in [0.15, 0.2) is 30.3 Å². The fourth-order valence-electron chi connectivity index (χ4n) is 5.20. The molecule has 6 amide bonds. The molecular formula is C34H54N6O6. The second-order valence-electron chi connectivity index (χ2n) is 13.0. The molecule has 1 heterocycles. The highest BCUT2D eigenvalue weighted by molar-refractivity contribution is 5.97. The monoisotopic (exact) mass is 642 g/mol. The van der Waals surface area contributed by atoms with Crippen LogP contribution >= 0.6 is 0 Å². The molecule has 2 rings (SSSR count). The largest absolute Gasteiger partial charge is 0.352 e. The molecule has 1 aromatic rings. The highest BCUT2D eigenvalue weighted by Gasteiger charge is 2.33. The molecule has 46 heavy (non-hydrogen) atoms. The van der Waals surface area contributed by atoms with Crippen molar-refractivity contribution < 1.29 is 28.8 Å². The molecule has 0 aromatic heterocycles. The van der Waals surface area contributed by atoms with Gasteiger partial charge in [-0.15, -0.1) is 0 Å². The number of carbonyl (C=O) groups is 6. The summed E-state index contributed by atoms with van der Waals surface area (Å²) >= 11 is 0. The van der Waals surface area contributed by atoms with E-state index in [-0.39, 0.29) is 43.6 Å². The van der Waals surface area contributed by atoms with Crippen molar-refractivity contribution in [3.8, 4) is 0 Å². The molecule has 0 bridgehead atoms. The Labute approximate surface area is 273 Å². The summed E-state index contributed by atoms with van der Waals surface area (Å²) in [5, 5.41) is 16.4. The number of rotatable bonds is 12. The summed E-state index contributed by atoms with van der Waals surface area (Å²) in [7, 11) is 0. The van der Waals surface area contributed by atoms with Crippen molar-refractivity contribution in [2.24, 2.45) is 11.8 Å². The molecule has 6 N–H and O–H groups in total. The lowest BCUT2D eigenvalue weighted by molar-refractivity contribution is -0.136. The van der Waals surface area contributed by atoms with Crippen LogP contribution in [0.4, 0.5) is 0 Å². The molecule has 5 atom stereocenters. The van der Waals surface area contributed by atoms with Crippen LogP contribution in [0.5, 0.6) is 0 Å². The van der Waals surface area contributed by atoms with E-state index in [1.54, 1.807) is 0 Å². The van der Waals surface area contributed by atoms with Gasteiger partial charge in [-0.1, -0.05) is 84.2 Å². The van der Waals surface area contributed by atoms with Crippen molar-refractivity contribution in [1.29, 1.82) is 0 Å². The average Bonchev–Trinajstić information content (AvgIpc) is 2.99. The summed E-state index contributed by atoms with van der Waals surface area (Å²) in [6.45, 7) is 11.0. The van der Waals surface area contributed by atoms with Crippen molar-refractivity contribution in [2.45, 2.75) is 123 Å². The van der Waals surface area contributed by atoms with Gasteiger partial charge in [-0.2, -0.15) is 0 Å². The van der Waals surface area contributed by atoms with Gasteiger partial charge in [-0.05, 0) is 43.6 Å². The summed E-state index contributed by atoms with van der Waals surface area (Å²) in [5.41, 5.74) is 0.772. The van der Waals surface area contributed by atoms with Crippen LogP contribution < -0.4 is 31.9 Å². The zero-order chi connectivity index (χ0) is 34.2. The molecule has 12 heteroatoms. The maximum absolute atomic E-state index is 13.7. The number of benzene rings is 1. The van der Waals surface area contributed by atoms with Crippen molar-refractivity contribution in [1.82, 2.24) is 31.9 Å². The summed E-state index contributed by atoms with van der Waals surface area (Å²) in [6, 6.07) is 3.91. The first-order valence-corrected chi connectivity index (χ1v) is 16.6. The molecule has 0 unspecified atom stereocenters. The first kappa shape index (κ1) is 38.2. The third kappa shape index (κ3) is 13.6. The average molecular weight is 643 g/mol. The third-order valence-electron chi connectivity index (χ3n) is 7.74. The molecule has 1 aromatic carbocycles. The number of unbranched alkanes of at least 4 members (excludes halogenated alkanes) is 3. The minimum Gasteiger partial charge on any atom is -0.352 e. The first-order valence-electron chi connectivity index (χ1n) is 16.6. The topological polar surface area (TPSA) is 175 Å². The van der Waals surface area contributed by atoms with E-state index in [0.29, 0.717) is 12.8 Å². The van der Waals surface area contributed by atoms with Gasteiger partial charge in [0.05, 0.1) is 0 Å². The molecule has 0 saturated carbocycles. The number of nitrogens with one attached hydrogen (secondary N) is 6. The van der Waals surface area contributed by atoms with Gasteiger partial charge in [0.25, 0.3) is 0 Å². The minimum atomic E-state index is -1.19. The predicted molar refractivity (Wildman–Crippen MR) is 176 cm³/mol. The Bertz CT molecular complexity index is 1170. The molecule has 1 fully saturated rings. The van der Waals surface area contributed by atoms with Crippen molar-refractivity contribution >= 4 is 35.4 Å². The van der Waals surface area contributed by atoms with Crippen LogP contribution in [0.3, 0.4) is 0 Å². The van der Waals surface area contributed by atoms with Crippen LogP contribution in [0.2, 0.25) is 0 Å². The van der Waals surface area contributed by atoms with Crippen molar-refractivity contribution in [2.75, 3.05) is 6.54 Å². The van der Waals surface area contributed by atoms with E-state index in [2.05, 4.69) is 38.8 Å². The summed E-state index contributed by atoms with van der Waals surface area (Å²) in [6.07, 6.45) is 4.44.